The summed E-state index contributed by atoms with van der Waals surface area (Å²) in [7, 11) is -3.29. The Labute approximate surface area is 108 Å². The van der Waals surface area contributed by atoms with Crippen LogP contribution in [-0.2, 0) is 9.84 Å². The highest BCUT2D eigenvalue weighted by molar-refractivity contribution is 7.91. The lowest BCUT2D eigenvalue weighted by Crippen LogP contribution is -2.25. The van der Waals surface area contributed by atoms with Crippen molar-refractivity contribution in [3.63, 3.8) is 0 Å². The molecule has 5 heteroatoms. The number of hydrogen-bond donors (Lipinski definition) is 1. The molecule has 1 aliphatic rings. The number of nitriles is 1. The first-order valence-electron chi connectivity index (χ1n) is 5.99. The Bertz CT molecular complexity index is 575. The average Bonchev–Trinajstić information content (AvgIpc) is 3.05. The smallest absolute Gasteiger partial charge is 0.179 e. The molecule has 4 nitrogen and oxygen atoms in total. The van der Waals surface area contributed by atoms with Gasteiger partial charge in [0.2, 0.25) is 0 Å². The first-order chi connectivity index (χ1) is 8.53. The first-order valence-corrected chi connectivity index (χ1v) is 7.64. The molecule has 0 radical (unpaired) electrons. The van der Waals surface area contributed by atoms with Crippen molar-refractivity contribution in [2.45, 2.75) is 24.3 Å². The largest absolute Gasteiger partial charge is 0.313 e. The van der Waals surface area contributed by atoms with Gasteiger partial charge in [-0.3, -0.25) is 0 Å². The third-order valence-corrected chi connectivity index (χ3v) is 4.92. The summed E-state index contributed by atoms with van der Waals surface area (Å²) in [5.41, 5.74) is 0.375. The van der Waals surface area contributed by atoms with Crippen molar-refractivity contribution in [3.05, 3.63) is 29.8 Å². The molecule has 18 heavy (non-hydrogen) atoms. The van der Waals surface area contributed by atoms with Crippen LogP contribution >= 0.6 is 0 Å². The molecule has 1 fully saturated rings. The van der Waals surface area contributed by atoms with E-state index >= 15 is 0 Å². The summed E-state index contributed by atoms with van der Waals surface area (Å²) in [4.78, 5) is 0.229. The third kappa shape index (κ3) is 3.09. The number of nitrogens with one attached hydrogen (secondary N) is 1. The predicted octanol–water partition coefficient (Wildman–Crippen LogP) is 1.33. The molecule has 1 aromatic carbocycles. The Morgan fingerprint density at radius 3 is 2.83 bits per heavy atom. The van der Waals surface area contributed by atoms with Crippen LogP contribution in [-0.4, -0.2) is 26.8 Å². The maximum Gasteiger partial charge on any atom is 0.179 e. The molecule has 2 rings (SSSR count). The first kappa shape index (κ1) is 13.1. The van der Waals surface area contributed by atoms with E-state index < -0.39 is 9.84 Å². The van der Waals surface area contributed by atoms with Crippen LogP contribution in [0.4, 0.5) is 0 Å². The summed E-state index contributed by atoms with van der Waals surface area (Å²) < 4.78 is 24.1. The minimum absolute atomic E-state index is 0.0745. The van der Waals surface area contributed by atoms with Gasteiger partial charge in [-0.25, -0.2) is 8.42 Å². The lowest BCUT2D eigenvalue weighted by Gasteiger charge is -2.06. The summed E-state index contributed by atoms with van der Waals surface area (Å²) in [5, 5.41) is 12.0. The van der Waals surface area contributed by atoms with Gasteiger partial charge < -0.3 is 5.32 Å². The number of nitrogens with zero attached hydrogens (tertiary/aromatic N) is 1. The highest BCUT2D eigenvalue weighted by atomic mass is 32.2. The molecule has 1 aliphatic carbocycles. The van der Waals surface area contributed by atoms with Gasteiger partial charge >= 0.3 is 0 Å². The van der Waals surface area contributed by atoms with E-state index in [1.807, 2.05) is 6.07 Å². The fraction of sp³-hybridized carbons (Fsp3) is 0.462. The standard InChI is InChI=1S/C13H16N2O2S/c1-10-7-13(10)15-5-6-18(16,17)12-4-2-3-11(8-12)9-14/h2-4,8,10,13,15H,5-7H2,1H3. The fourth-order valence-electron chi connectivity index (χ4n) is 1.86. The Morgan fingerprint density at radius 1 is 1.50 bits per heavy atom. The molecule has 1 aromatic rings. The normalized spacial score (nSPS) is 22.4. The summed E-state index contributed by atoms with van der Waals surface area (Å²) in [6, 6.07) is 8.59. The van der Waals surface area contributed by atoms with Gasteiger partial charge in [-0.15, -0.1) is 0 Å². The van der Waals surface area contributed by atoms with Gasteiger partial charge in [-0.2, -0.15) is 5.26 Å². The lowest BCUT2D eigenvalue weighted by atomic mass is 10.2. The third-order valence-electron chi connectivity index (χ3n) is 3.21. The zero-order valence-corrected chi connectivity index (χ0v) is 11.1. The molecule has 0 spiro atoms. The summed E-state index contributed by atoms with van der Waals surface area (Å²) >= 11 is 0. The van der Waals surface area contributed by atoms with Crippen LogP contribution in [0, 0.1) is 17.2 Å². The molecule has 1 N–H and O–H groups in total. The van der Waals surface area contributed by atoms with Crippen molar-refractivity contribution in [1.82, 2.24) is 5.32 Å². The van der Waals surface area contributed by atoms with E-state index in [2.05, 4.69) is 12.2 Å². The highest BCUT2D eigenvalue weighted by Gasteiger charge is 2.31. The molecule has 0 aliphatic heterocycles. The molecule has 2 unspecified atom stereocenters. The molecule has 0 amide bonds. The van der Waals surface area contributed by atoms with Crippen molar-refractivity contribution in [3.8, 4) is 6.07 Å². The molecule has 2 atom stereocenters. The summed E-state index contributed by atoms with van der Waals surface area (Å²) in [5.74, 6) is 0.736. The van der Waals surface area contributed by atoms with E-state index in [-0.39, 0.29) is 10.6 Å². The average molecular weight is 264 g/mol. The van der Waals surface area contributed by atoms with Crippen LogP contribution in [0.5, 0.6) is 0 Å². The SMILES string of the molecule is CC1CC1NCCS(=O)(=O)c1cccc(C#N)c1. The molecular formula is C13H16N2O2S. The molecular weight excluding hydrogens is 248 g/mol. The molecule has 0 bridgehead atoms. The second-order valence-corrected chi connectivity index (χ2v) is 6.84. The molecule has 0 aromatic heterocycles. The van der Waals surface area contributed by atoms with Crippen molar-refractivity contribution in [2.75, 3.05) is 12.3 Å². The predicted molar refractivity (Wildman–Crippen MR) is 68.8 cm³/mol. The maximum atomic E-state index is 12.0. The maximum absolute atomic E-state index is 12.0. The van der Waals surface area contributed by atoms with Gasteiger partial charge in [-0.05, 0) is 30.5 Å². The Morgan fingerprint density at radius 2 is 2.22 bits per heavy atom. The lowest BCUT2D eigenvalue weighted by molar-refractivity contribution is 0.588. The number of rotatable bonds is 5. The van der Waals surface area contributed by atoms with E-state index in [1.54, 1.807) is 12.1 Å². The van der Waals surface area contributed by atoms with Crippen molar-refractivity contribution < 1.29 is 8.42 Å². The van der Waals surface area contributed by atoms with E-state index in [0.29, 0.717) is 24.1 Å². The van der Waals surface area contributed by atoms with Crippen LogP contribution in [0.3, 0.4) is 0 Å². The number of hydrogen-bond acceptors (Lipinski definition) is 4. The molecule has 0 heterocycles. The second-order valence-electron chi connectivity index (χ2n) is 4.73. The second kappa shape index (κ2) is 5.09. The molecule has 96 valence electrons. The van der Waals surface area contributed by atoms with Crippen molar-refractivity contribution in [1.29, 1.82) is 5.26 Å². The minimum atomic E-state index is -3.29. The van der Waals surface area contributed by atoms with Crippen LogP contribution in [0.25, 0.3) is 0 Å². The summed E-state index contributed by atoms with van der Waals surface area (Å²) in [6.07, 6.45) is 1.13. The van der Waals surface area contributed by atoms with Crippen LogP contribution in [0.2, 0.25) is 0 Å². The van der Waals surface area contributed by atoms with Gasteiger partial charge in [0.25, 0.3) is 0 Å². The summed E-state index contributed by atoms with van der Waals surface area (Å²) in [6.45, 7) is 2.61. The van der Waals surface area contributed by atoms with E-state index in [9.17, 15) is 8.42 Å². The minimum Gasteiger partial charge on any atom is -0.313 e. The monoisotopic (exact) mass is 264 g/mol. The highest BCUT2D eigenvalue weighted by Crippen LogP contribution is 2.28. The zero-order chi connectivity index (χ0) is 13.2. The van der Waals surface area contributed by atoms with Crippen molar-refractivity contribution >= 4 is 9.84 Å². The van der Waals surface area contributed by atoms with E-state index in [4.69, 9.17) is 5.26 Å². The molecule has 1 saturated carbocycles. The zero-order valence-electron chi connectivity index (χ0n) is 10.3. The number of benzene rings is 1. The van der Waals surface area contributed by atoms with E-state index in [0.717, 1.165) is 6.42 Å². The number of sulfone groups is 1. The fourth-order valence-corrected chi connectivity index (χ4v) is 3.08. The van der Waals surface area contributed by atoms with Gasteiger partial charge in [0.05, 0.1) is 22.3 Å². The Hall–Kier alpha value is -1.38. The van der Waals surface area contributed by atoms with Gasteiger partial charge in [0.1, 0.15) is 0 Å². The van der Waals surface area contributed by atoms with Gasteiger partial charge in [0.15, 0.2) is 9.84 Å². The van der Waals surface area contributed by atoms with Crippen LogP contribution < -0.4 is 5.32 Å². The quantitative estimate of drug-likeness (QED) is 0.871. The van der Waals surface area contributed by atoms with Crippen LogP contribution in [0.15, 0.2) is 29.2 Å². The van der Waals surface area contributed by atoms with Crippen LogP contribution in [0.1, 0.15) is 18.9 Å². The van der Waals surface area contributed by atoms with E-state index in [1.165, 1.54) is 12.1 Å². The Kier molecular flexibility index (Phi) is 3.69. The topological polar surface area (TPSA) is 70.0 Å². The Balaban J connectivity index is 1.99. The van der Waals surface area contributed by atoms with Gasteiger partial charge in [-0.1, -0.05) is 13.0 Å². The van der Waals surface area contributed by atoms with Gasteiger partial charge in [0, 0.05) is 12.6 Å². The van der Waals surface area contributed by atoms with Crippen molar-refractivity contribution in [2.24, 2.45) is 5.92 Å². The molecule has 0 saturated heterocycles.